The maximum Gasteiger partial charge on any atom is 0.416 e. The summed E-state index contributed by atoms with van der Waals surface area (Å²) in [6, 6.07) is 7.50. The summed E-state index contributed by atoms with van der Waals surface area (Å²) >= 11 is 6.03. The Hall–Kier alpha value is -3.08. The van der Waals surface area contributed by atoms with E-state index in [1.807, 2.05) is 5.32 Å². The molecule has 0 aliphatic rings. The molecule has 0 saturated carbocycles. The van der Waals surface area contributed by atoms with Gasteiger partial charge in [0.1, 0.15) is 0 Å². The van der Waals surface area contributed by atoms with Gasteiger partial charge in [-0.15, -0.1) is 0 Å². The Morgan fingerprint density at radius 3 is 2.19 bits per heavy atom. The van der Waals surface area contributed by atoms with Crippen LogP contribution in [-0.2, 0) is 23.6 Å². The fourth-order valence-electron chi connectivity index (χ4n) is 2.58. The van der Waals surface area contributed by atoms with Crippen LogP contribution in [0.5, 0.6) is 0 Å². The second-order valence-corrected chi connectivity index (χ2v) is 6.74. The number of hydrogen-bond acceptors (Lipinski definition) is 4. The summed E-state index contributed by atoms with van der Waals surface area (Å²) < 4.78 is 82.4. The highest BCUT2D eigenvalue weighted by atomic mass is 35.5. The molecule has 0 fully saturated rings. The minimum Gasteiger partial charge on any atom is -0.339 e. The second-order valence-electron chi connectivity index (χ2n) is 6.33. The zero-order valence-electron chi connectivity index (χ0n) is 15.3. The van der Waals surface area contributed by atoms with Gasteiger partial charge in [-0.2, -0.15) is 31.3 Å². The van der Waals surface area contributed by atoms with E-state index >= 15 is 0 Å². The Bertz CT molecular complexity index is 1060. The molecule has 0 saturated heterocycles. The van der Waals surface area contributed by atoms with Gasteiger partial charge in [0.25, 0.3) is 0 Å². The van der Waals surface area contributed by atoms with E-state index in [2.05, 4.69) is 10.1 Å². The van der Waals surface area contributed by atoms with Gasteiger partial charge in [-0.05, 0) is 30.3 Å². The van der Waals surface area contributed by atoms with Crippen molar-refractivity contribution in [1.29, 1.82) is 0 Å². The number of aromatic nitrogens is 2. The quantitative estimate of drug-likeness (QED) is 0.471. The van der Waals surface area contributed by atoms with Crippen molar-refractivity contribution in [2.45, 2.75) is 25.2 Å². The van der Waals surface area contributed by atoms with Gasteiger partial charge < -0.3 is 9.84 Å². The maximum atomic E-state index is 12.9. The van der Waals surface area contributed by atoms with Gasteiger partial charge in [0, 0.05) is 24.1 Å². The number of nitrogens with zero attached hydrogens (tertiary/aromatic N) is 2. The van der Waals surface area contributed by atoms with Crippen molar-refractivity contribution in [2.75, 3.05) is 5.32 Å². The van der Waals surface area contributed by atoms with Crippen molar-refractivity contribution >= 4 is 23.2 Å². The van der Waals surface area contributed by atoms with Crippen molar-refractivity contribution in [2.24, 2.45) is 0 Å². The number of amides is 1. The van der Waals surface area contributed by atoms with Crippen molar-refractivity contribution < 1.29 is 35.7 Å². The molecule has 1 heterocycles. The van der Waals surface area contributed by atoms with E-state index in [9.17, 15) is 31.1 Å². The summed E-state index contributed by atoms with van der Waals surface area (Å²) in [6.45, 7) is 0. The van der Waals surface area contributed by atoms with Gasteiger partial charge in [0.2, 0.25) is 17.6 Å². The second kappa shape index (κ2) is 8.58. The Labute approximate surface area is 176 Å². The molecule has 0 atom stereocenters. The van der Waals surface area contributed by atoms with Crippen molar-refractivity contribution in [3.63, 3.8) is 0 Å². The van der Waals surface area contributed by atoms with Crippen LogP contribution in [0.4, 0.5) is 32.0 Å². The number of carbonyl (C=O) groups excluding carboxylic acids is 1. The van der Waals surface area contributed by atoms with Crippen molar-refractivity contribution in [3.8, 4) is 11.4 Å². The monoisotopic (exact) mass is 463 g/mol. The largest absolute Gasteiger partial charge is 0.416 e. The van der Waals surface area contributed by atoms with Crippen LogP contribution in [0, 0.1) is 0 Å². The Kier molecular flexibility index (Phi) is 6.25. The molecule has 1 amide bonds. The molecule has 31 heavy (non-hydrogen) atoms. The van der Waals surface area contributed by atoms with Crippen LogP contribution >= 0.6 is 11.6 Å². The van der Waals surface area contributed by atoms with E-state index in [4.69, 9.17) is 16.1 Å². The smallest absolute Gasteiger partial charge is 0.339 e. The minimum atomic E-state index is -5.01. The molecule has 0 bridgehead atoms. The molecule has 0 radical (unpaired) electrons. The van der Waals surface area contributed by atoms with E-state index in [0.717, 1.165) is 0 Å². The SMILES string of the molecule is O=C(CCc1nc(-c2ccccc2Cl)no1)Nc1cc(C(F)(F)F)cc(C(F)(F)F)c1. The maximum absolute atomic E-state index is 12.9. The molecule has 3 aromatic rings. The van der Waals surface area contributed by atoms with E-state index in [0.29, 0.717) is 22.7 Å². The molecular weight excluding hydrogens is 452 g/mol. The van der Waals surface area contributed by atoms with Crippen LogP contribution in [0.2, 0.25) is 5.02 Å². The summed E-state index contributed by atoms with van der Waals surface area (Å²) in [7, 11) is 0. The van der Waals surface area contributed by atoms with E-state index in [1.165, 1.54) is 0 Å². The molecule has 1 N–H and O–H groups in total. The normalized spacial score (nSPS) is 12.1. The van der Waals surface area contributed by atoms with E-state index in [-0.39, 0.29) is 30.6 Å². The summed E-state index contributed by atoms with van der Waals surface area (Å²) in [5.74, 6) is -0.608. The van der Waals surface area contributed by atoms with Crippen LogP contribution < -0.4 is 5.32 Å². The fraction of sp³-hybridized carbons (Fsp3) is 0.211. The van der Waals surface area contributed by atoms with E-state index < -0.39 is 35.1 Å². The first-order chi connectivity index (χ1) is 14.4. The Morgan fingerprint density at radius 1 is 1.00 bits per heavy atom. The molecule has 0 aliphatic heterocycles. The third-order valence-corrected chi connectivity index (χ3v) is 4.35. The highest BCUT2D eigenvalue weighted by molar-refractivity contribution is 6.33. The lowest BCUT2D eigenvalue weighted by Crippen LogP contribution is -2.16. The van der Waals surface area contributed by atoms with Gasteiger partial charge >= 0.3 is 12.4 Å². The average Bonchev–Trinajstić information content (AvgIpc) is 3.14. The van der Waals surface area contributed by atoms with E-state index in [1.54, 1.807) is 24.3 Å². The van der Waals surface area contributed by atoms with Gasteiger partial charge in [-0.1, -0.05) is 28.9 Å². The molecule has 12 heteroatoms. The predicted molar refractivity (Wildman–Crippen MR) is 98.1 cm³/mol. The average molecular weight is 464 g/mol. The molecule has 2 aromatic carbocycles. The van der Waals surface area contributed by atoms with Crippen LogP contribution in [0.3, 0.4) is 0 Å². The lowest BCUT2D eigenvalue weighted by Gasteiger charge is -2.14. The number of anilines is 1. The standard InChI is InChI=1S/C19H12ClF6N3O2/c20-14-4-2-1-3-13(14)17-28-16(31-29-17)6-5-15(30)27-12-8-10(18(21,22)23)7-11(9-12)19(24,25)26/h1-4,7-9H,5-6H2,(H,27,30). The number of nitrogens with one attached hydrogen (secondary N) is 1. The Balaban J connectivity index is 1.70. The van der Waals surface area contributed by atoms with Crippen LogP contribution in [-0.4, -0.2) is 16.0 Å². The first-order valence-corrected chi connectivity index (χ1v) is 8.98. The van der Waals surface area contributed by atoms with Gasteiger partial charge in [-0.25, -0.2) is 0 Å². The van der Waals surface area contributed by atoms with Crippen molar-refractivity contribution in [1.82, 2.24) is 10.1 Å². The number of rotatable bonds is 5. The Morgan fingerprint density at radius 2 is 1.61 bits per heavy atom. The summed E-state index contributed by atoms with van der Waals surface area (Å²) in [5, 5.41) is 6.14. The molecule has 164 valence electrons. The summed E-state index contributed by atoms with van der Waals surface area (Å²) in [6.07, 6.45) is -10.4. The number of carbonyl (C=O) groups is 1. The zero-order chi connectivity index (χ0) is 22.8. The highest BCUT2D eigenvalue weighted by Gasteiger charge is 2.37. The number of benzene rings is 2. The zero-order valence-corrected chi connectivity index (χ0v) is 16.1. The minimum absolute atomic E-state index is 0.0235. The number of aryl methyl sites for hydroxylation is 1. The number of hydrogen-bond donors (Lipinski definition) is 1. The summed E-state index contributed by atoms with van der Waals surface area (Å²) in [4.78, 5) is 16.1. The molecule has 3 rings (SSSR count). The van der Waals surface area contributed by atoms with Crippen LogP contribution in [0.25, 0.3) is 11.4 Å². The summed E-state index contributed by atoms with van der Waals surface area (Å²) in [5.41, 5.74) is -3.19. The highest BCUT2D eigenvalue weighted by Crippen LogP contribution is 2.37. The molecule has 1 aromatic heterocycles. The first kappa shape index (κ1) is 22.6. The molecule has 0 aliphatic carbocycles. The van der Waals surface area contributed by atoms with Crippen LogP contribution in [0.15, 0.2) is 47.0 Å². The van der Waals surface area contributed by atoms with Crippen LogP contribution in [0.1, 0.15) is 23.4 Å². The molecule has 0 unspecified atom stereocenters. The fourth-order valence-corrected chi connectivity index (χ4v) is 2.80. The topological polar surface area (TPSA) is 68.0 Å². The first-order valence-electron chi connectivity index (χ1n) is 8.60. The van der Waals surface area contributed by atoms with Crippen molar-refractivity contribution in [3.05, 3.63) is 64.5 Å². The van der Waals surface area contributed by atoms with Gasteiger partial charge in [-0.3, -0.25) is 4.79 Å². The predicted octanol–water partition coefficient (Wildman–Crippen LogP) is 6.00. The number of halogens is 7. The molecule has 0 spiro atoms. The third kappa shape index (κ3) is 5.75. The number of alkyl halides is 6. The van der Waals surface area contributed by atoms with Gasteiger partial charge in [0.05, 0.1) is 16.1 Å². The lowest BCUT2D eigenvalue weighted by molar-refractivity contribution is -0.143. The lowest BCUT2D eigenvalue weighted by atomic mass is 10.1. The third-order valence-electron chi connectivity index (χ3n) is 4.02. The van der Waals surface area contributed by atoms with Gasteiger partial charge in [0.15, 0.2) is 0 Å². The molecular formula is C19H12ClF6N3O2. The molecule has 5 nitrogen and oxygen atoms in total.